The molecule has 0 saturated carbocycles. The number of nitrogens with zero attached hydrogens (tertiary/aromatic N) is 3. The summed E-state index contributed by atoms with van der Waals surface area (Å²) in [4.78, 5) is 2.00. The topological polar surface area (TPSA) is 31.4 Å². The molecule has 0 aliphatic heterocycles. The lowest BCUT2D eigenvalue weighted by atomic mass is 10.1. The van der Waals surface area contributed by atoms with Crippen molar-refractivity contribution >= 4 is 25.6 Å². The Morgan fingerprint density at radius 3 is 0.950 bits per heavy atom. The van der Waals surface area contributed by atoms with Gasteiger partial charge in [0.15, 0.2) is 0 Å². The van der Waals surface area contributed by atoms with Gasteiger partial charge < -0.3 is 23.3 Å². The van der Waals surface area contributed by atoms with Crippen molar-refractivity contribution in [1.29, 1.82) is 0 Å². The molecule has 3 nitrogen and oxygen atoms in total. The molecule has 0 unspecified atom stereocenters. The predicted octanol–water partition coefficient (Wildman–Crippen LogP) is 4.97. The van der Waals surface area contributed by atoms with Crippen molar-refractivity contribution < 1.29 is 0 Å². The largest absolute Gasteiger partial charge is 0.649 e. The highest BCUT2D eigenvalue weighted by atomic mass is 31.1. The second-order valence-corrected chi connectivity index (χ2v) is 10.7. The minimum absolute atomic E-state index is 0. The first-order chi connectivity index (χ1) is 8.04. The molecule has 0 spiro atoms. The van der Waals surface area contributed by atoms with Gasteiger partial charge in [-0.25, -0.2) is 0 Å². The molecule has 0 aromatic heterocycles. The molecule has 0 saturated heterocycles. The SMILES string of the molecule is CC(C)(C)[N-]P([N-]C(C)(C)C)C(C)(C)C.CN(C)C.[AlH]. The lowest BCUT2D eigenvalue weighted by molar-refractivity contribution is 0.505. The second kappa shape index (κ2) is 9.78. The van der Waals surface area contributed by atoms with Crippen LogP contribution in [0.25, 0.3) is 10.2 Å². The van der Waals surface area contributed by atoms with E-state index in [1.54, 1.807) is 0 Å². The monoisotopic (exact) mass is 317 g/mol. The summed E-state index contributed by atoms with van der Waals surface area (Å²) >= 11 is 0. The van der Waals surface area contributed by atoms with E-state index in [4.69, 9.17) is 10.2 Å². The second-order valence-electron chi connectivity index (χ2n) is 8.34. The van der Waals surface area contributed by atoms with Crippen LogP contribution in [0.2, 0.25) is 0 Å². The highest BCUT2D eigenvalue weighted by Gasteiger charge is 2.13. The summed E-state index contributed by atoms with van der Waals surface area (Å²) in [5.41, 5.74) is 0.0153. The highest BCUT2D eigenvalue weighted by molar-refractivity contribution is 7.65. The molecule has 0 N–H and O–H groups in total. The minimum Gasteiger partial charge on any atom is -0.649 e. The predicted molar refractivity (Wildman–Crippen MR) is 99.7 cm³/mol. The van der Waals surface area contributed by atoms with E-state index < -0.39 is 8.22 Å². The Kier molecular flexibility index (Phi) is 12.6. The van der Waals surface area contributed by atoms with Gasteiger partial charge in [0.25, 0.3) is 0 Å². The van der Waals surface area contributed by atoms with Crippen LogP contribution in [-0.4, -0.2) is 59.6 Å². The third kappa shape index (κ3) is 21.1. The zero-order valence-electron chi connectivity index (χ0n) is 16.0. The molecule has 0 aliphatic rings. The third-order valence-corrected chi connectivity index (χ3v) is 4.17. The third-order valence-electron chi connectivity index (χ3n) is 1.39. The van der Waals surface area contributed by atoms with Gasteiger partial charge in [-0.15, -0.1) is 11.1 Å². The van der Waals surface area contributed by atoms with Gasteiger partial charge in [0.1, 0.15) is 0 Å². The molecule has 122 valence electrons. The molecular weight excluding hydrogens is 280 g/mol. The van der Waals surface area contributed by atoms with Crippen LogP contribution in [0.1, 0.15) is 62.3 Å². The summed E-state index contributed by atoms with van der Waals surface area (Å²) in [6.07, 6.45) is 0. The van der Waals surface area contributed by atoms with E-state index in [0.717, 1.165) is 0 Å². The van der Waals surface area contributed by atoms with Gasteiger partial charge in [0.2, 0.25) is 0 Å². The average molecular weight is 317 g/mol. The van der Waals surface area contributed by atoms with E-state index in [0.29, 0.717) is 0 Å². The Morgan fingerprint density at radius 2 is 0.850 bits per heavy atom. The molecule has 0 bridgehead atoms. The fraction of sp³-hybridized carbons (Fsp3) is 1.00. The average Bonchev–Trinajstić information content (AvgIpc) is 1.93. The Hall–Kier alpha value is 0.842. The molecule has 5 heteroatoms. The van der Waals surface area contributed by atoms with E-state index in [1.807, 2.05) is 26.0 Å². The maximum absolute atomic E-state index is 4.86. The molecule has 20 heavy (non-hydrogen) atoms. The van der Waals surface area contributed by atoms with Crippen molar-refractivity contribution in [1.82, 2.24) is 4.90 Å². The number of hydrogen-bond donors (Lipinski definition) is 0. The van der Waals surface area contributed by atoms with Crippen molar-refractivity contribution in [3.8, 4) is 0 Å². The van der Waals surface area contributed by atoms with Crippen LogP contribution in [0.5, 0.6) is 0 Å². The van der Waals surface area contributed by atoms with Crippen molar-refractivity contribution in [3.05, 3.63) is 10.2 Å². The first kappa shape index (κ1) is 25.8. The molecule has 0 aromatic rings. The molecule has 0 rings (SSSR count). The molecule has 0 fully saturated rings. The number of rotatable bonds is 2. The minimum atomic E-state index is -0.628. The van der Waals surface area contributed by atoms with Crippen LogP contribution in [-0.2, 0) is 0 Å². The highest BCUT2D eigenvalue weighted by Crippen LogP contribution is 2.64. The van der Waals surface area contributed by atoms with Gasteiger partial charge in [0.05, 0.1) is 17.4 Å². The van der Waals surface area contributed by atoms with Gasteiger partial charge in [-0.2, -0.15) is 0 Å². The van der Waals surface area contributed by atoms with Crippen molar-refractivity contribution in [2.24, 2.45) is 0 Å². The van der Waals surface area contributed by atoms with Crippen LogP contribution >= 0.6 is 8.22 Å². The van der Waals surface area contributed by atoms with Crippen molar-refractivity contribution in [2.75, 3.05) is 21.1 Å². The molecule has 2 radical (unpaired) electrons. The first-order valence-electron chi connectivity index (χ1n) is 6.91. The maximum atomic E-state index is 4.86. The quantitative estimate of drug-likeness (QED) is 0.522. The van der Waals surface area contributed by atoms with Crippen LogP contribution in [0, 0.1) is 0 Å². The van der Waals surface area contributed by atoms with Crippen LogP contribution in [0.15, 0.2) is 0 Å². The lowest BCUT2D eigenvalue weighted by Gasteiger charge is -2.64. The summed E-state index contributed by atoms with van der Waals surface area (Å²) in [5.74, 6) is 0. The first-order valence-corrected chi connectivity index (χ1v) is 8.16. The maximum Gasteiger partial charge on any atom is 0.0854 e. The van der Waals surface area contributed by atoms with Gasteiger partial charge in [-0.1, -0.05) is 67.5 Å². The van der Waals surface area contributed by atoms with Gasteiger partial charge >= 0.3 is 0 Å². The molecule has 0 atom stereocenters. The Bertz CT molecular complexity index is 218. The van der Waals surface area contributed by atoms with E-state index in [9.17, 15) is 0 Å². The summed E-state index contributed by atoms with van der Waals surface area (Å²) in [6, 6.07) is 0. The molecular formula is C15H37AlN3P-2. The fourth-order valence-electron chi connectivity index (χ4n) is 0.891. The Morgan fingerprint density at radius 1 is 0.650 bits per heavy atom. The van der Waals surface area contributed by atoms with E-state index in [2.05, 4.69) is 62.3 Å². The van der Waals surface area contributed by atoms with Gasteiger partial charge in [-0.05, 0) is 21.1 Å². The van der Waals surface area contributed by atoms with E-state index >= 15 is 0 Å². The smallest absolute Gasteiger partial charge is 0.0854 e. The zero-order chi connectivity index (χ0) is 16.1. The summed E-state index contributed by atoms with van der Waals surface area (Å²) in [5, 5.41) is 9.89. The van der Waals surface area contributed by atoms with Crippen LogP contribution in [0.3, 0.4) is 0 Å². The molecule has 0 aliphatic carbocycles. The molecule has 0 aromatic carbocycles. The normalized spacial score (nSPS) is 12.9. The van der Waals surface area contributed by atoms with Gasteiger partial charge in [-0.3, -0.25) is 0 Å². The number of hydrogen-bond acceptors (Lipinski definition) is 1. The molecule has 0 heterocycles. The lowest BCUT2D eigenvalue weighted by Crippen LogP contribution is -2.22. The fourth-order valence-corrected chi connectivity index (χ4v) is 2.67. The Balaban J connectivity index is -0.000000508. The Labute approximate surface area is 140 Å². The van der Waals surface area contributed by atoms with Crippen molar-refractivity contribution in [2.45, 2.75) is 78.5 Å². The van der Waals surface area contributed by atoms with Crippen LogP contribution in [0.4, 0.5) is 0 Å². The van der Waals surface area contributed by atoms with Crippen molar-refractivity contribution in [3.63, 3.8) is 0 Å². The van der Waals surface area contributed by atoms with E-state index in [-0.39, 0.29) is 33.6 Å². The van der Waals surface area contributed by atoms with E-state index in [1.165, 1.54) is 0 Å². The summed E-state index contributed by atoms with van der Waals surface area (Å²) in [6.45, 7) is 19.5. The van der Waals surface area contributed by atoms with Gasteiger partial charge in [0, 0.05) is 0 Å². The standard InChI is InChI=1S/C12H27N2P.C3H9N.Al.H/c1-10(2,3)13-15(12(7,8)9)14-11(4,5)6;1-4(2)3;;/h1-9H3;1-3H3;;/q-2;;;. The zero-order valence-corrected chi connectivity index (χ0v) is 18.3. The van der Waals surface area contributed by atoms with Crippen LogP contribution < -0.4 is 0 Å². The molecule has 0 amide bonds. The summed E-state index contributed by atoms with van der Waals surface area (Å²) in [7, 11) is 5.37. The summed E-state index contributed by atoms with van der Waals surface area (Å²) < 4.78 is 0.